The van der Waals surface area contributed by atoms with Crippen molar-refractivity contribution in [3.05, 3.63) is 54.2 Å². The molecule has 0 aliphatic carbocycles. The molecule has 0 fully saturated rings. The lowest BCUT2D eigenvalue weighted by atomic mass is 10.2. The lowest BCUT2D eigenvalue weighted by molar-refractivity contribution is 0.102. The molecule has 1 aromatic heterocycles. The van der Waals surface area contributed by atoms with Crippen molar-refractivity contribution in [2.75, 3.05) is 11.6 Å². The Hall–Kier alpha value is -2.67. The van der Waals surface area contributed by atoms with Crippen LogP contribution in [0.4, 0.5) is 5.69 Å². The summed E-state index contributed by atoms with van der Waals surface area (Å²) in [6.45, 7) is 0. The van der Waals surface area contributed by atoms with Gasteiger partial charge in [-0.3, -0.25) is 9.89 Å². The molecule has 2 aromatic carbocycles. The molecule has 6 nitrogen and oxygen atoms in total. The van der Waals surface area contributed by atoms with Gasteiger partial charge >= 0.3 is 0 Å². The van der Waals surface area contributed by atoms with E-state index in [9.17, 15) is 13.2 Å². The fraction of sp³-hybridized carbons (Fsp3) is 0.0667. The predicted octanol–water partition coefficient (Wildman–Crippen LogP) is 2.22. The summed E-state index contributed by atoms with van der Waals surface area (Å²) in [5.41, 5.74) is 1.43. The van der Waals surface area contributed by atoms with Crippen LogP contribution < -0.4 is 5.32 Å². The van der Waals surface area contributed by atoms with Crippen molar-refractivity contribution in [1.29, 1.82) is 0 Å². The molecular formula is C15H13N3O3S. The van der Waals surface area contributed by atoms with Crippen molar-refractivity contribution in [3.8, 4) is 0 Å². The molecule has 0 aliphatic heterocycles. The average molecular weight is 315 g/mol. The summed E-state index contributed by atoms with van der Waals surface area (Å²) < 4.78 is 23.1. The maximum Gasteiger partial charge on any atom is 0.276 e. The Morgan fingerprint density at radius 1 is 1.14 bits per heavy atom. The zero-order valence-electron chi connectivity index (χ0n) is 11.7. The van der Waals surface area contributed by atoms with Crippen LogP contribution in [0.5, 0.6) is 0 Å². The number of carbonyl (C=O) groups excluding carboxylic acids is 1. The molecule has 0 unspecified atom stereocenters. The monoisotopic (exact) mass is 315 g/mol. The first-order chi connectivity index (χ1) is 10.4. The quantitative estimate of drug-likeness (QED) is 0.775. The minimum atomic E-state index is -3.32. The summed E-state index contributed by atoms with van der Waals surface area (Å²) in [7, 11) is -3.32. The van der Waals surface area contributed by atoms with E-state index < -0.39 is 15.7 Å². The molecule has 0 bridgehead atoms. The number of para-hydroxylation sites is 1. The van der Waals surface area contributed by atoms with Gasteiger partial charge in [0.25, 0.3) is 5.91 Å². The molecule has 0 aliphatic rings. The molecule has 0 saturated carbocycles. The van der Waals surface area contributed by atoms with Crippen LogP contribution in [0.3, 0.4) is 0 Å². The molecule has 3 aromatic rings. The number of sulfone groups is 1. The van der Waals surface area contributed by atoms with E-state index >= 15 is 0 Å². The van der Waals surface area contributed by atoms with Crippen LogP contribution in [-0.4, -0.2) is 30.8 Å². The lowest BCUT2D eigenvalue weighted by Crippen LogP contribution is -2.13. The minimum Gasteiger partial charge on any atom is -0.321 e. The van der Waals surface area contributed by atoms with E-state index in [1.165, 1.54) is 12.1 Å². The van der Waals surface area contributed by atoms with Crippen molar-refractivity contribution >= 4 is 32.3 Å². The number of carbonyl (C=O) groups is 1. The Morgan fingerprint density at radius 2 is 1.91 bits per heavy atom. The lowest BCUT2D eigenvalue weighted by Gasteiger charge is -2.05. The third-order valence-corrected chi connectivity index (χ3v) is 4.32. The summed E-state index contributed by atoms with van der Waals surface area (Å²) in [5.74, 6) is -0.400. The first-order valence-electron chi connectivity index (χ1n) is 6.50. The molecule has 2 N–H and O–H groups in total. The number of amides is 1. The average Bonchev–Trinajstić information content (AvgIpc) is 2.90. The summed E-state index contributed by atoms with van der Waals surface area (Å²) in [5, 5.41) is 10.2. The number of rotatable bonds is 3. The standard InChI is InChI=1S/C15H13N3O3S/c1-22(20,21)11-6-4-5-10(9-11)16-15(19)14-12-7-2-3-8-13(12)17-18-14/h2-9H,1H3,(H,16,19)(H,17,18). The van der Waals surface area contributed by atoms with E-state index in [0.717, 1.165) is 11.8 Å². The first-order valence-corrected chi connectivity index (χ1v) is 8.39. The van der Waals surface area contributed by atoms with Gasteiger partial charge in [0.1, 0.15) is 0 Å². The third-order valence-electron chi connectivity index (χ3n) is 3.21. The Kier molecular flexibility index (Phi) is 3.42. The van der Waals surface area contributed by atoms with Crippen LogP contribution in [0, 0.1) is 0 Å². The minimum absolute atomic E-state index is 0.150. The van der Waals surface area contributed by atoms with Crippen LogP contribution in [0.1, 0.15) is 10.5 Å². The zero-order valence-corrected chi connectivity index (χ0v) is 12.5. The van der Waals surface area contributed by atoms with Gasteiger partial charge < -0.3 is 5.32 Å². The number of benzene rings is 2. The number of nitrogens with one attached hydrogen (secondary N) is 2. The molecule has 3 rings (SSSR count). The molecule has 0 spiro atoms. The summed E-state index contributed by atoms with van der Waals surface area (Å²) in [4.78, 5) is 12.5. The Morgan fingerprint density at radius 3 is 2.68 bits per heavy atom. The topological polar surface area (TPSA) is 91.9 Å². The molecule has 0 radical (unpaired) electrons. The highest BCUT2D eigenvalue weighted by Gasteiger charge is 2.15. The van der Waals surface area contributed by atoms with Crippen molar-refractivity contribution in [3.63, 3.8) is 0 Å². The van der Waals surface area contributed by atoms with E-state index in [4.69, 9.17) is 0 Å². The Bertz CT molecular complexity index is 961. The second-order valence-electron chi connectivity index (χ2n) is 4.87. The molecule has 22 heavy (non-hydrogen) atoms. The SMILES string of the molecule is CS(=O)(=O)c1cccc(NC(=O)c2n[nH]c3ccccc23)c1. The van der Waals surface area contributed by atoms with Gasteiger partial charge in [-0.2, -0.15) is 5.10 Å². The smallest absolute Gasteiger partial charge is 0.276 e. The van der Waals surface area contributed by atoms with Gasteiger partial charge in [-0.05, 0) is 24.3 Å². The van der Waals surface area contributed by atoms with Gasteiger partial charge in [-0.15, -0.1) is 0 Å². The highest BCUT2D eigenvalue weighted by atomic mass is 32.2. The first kappa shape index (κ1) is 14.3. The van der Waals surface area contributed by atoms with Crippen molar-refractivity contribution in [2.45, 2.75) is 4.90 Å². The van der Waals surface area contributed by atoms with Gasteiger partial charge in [-0.25, -0.2) is 8.42 Å². The fourth-order valence-electron chi connectivity index (χ4n) is 2.13. The number of anilines is 1. The molecule has 112 valence electrons. The van der Waals surface area contributed by atoms with Crippen LogP contribution in [0.2, 0.25) is 0 Å². The second kappa shape index (κ2) is 5.27. The van der Waals surface area contributed by atoms with Gasteiger partial charge in [-0.1, -0.05) is 24.3 Å². The Balaban J connectivity index is 1.92. The van der Waals surface area contributed by atoms with Crippen LogP contribution >= 0.6 is 0 Å². The van der Waals surface area contributed by atoms with Crippen molar-refractivity contribution in [1.82, 2.24) is 10.2 Å². The van der Waals surface area contributed by atoms with E-state index in [-0.39, 0.29) is 10.6 Å². The molecular weight excluding hydrogens is 302 g/mol. The fourth-order valence-corrected chi connectivity index (χ4v) is 2.80. The van der Waals surface area contributed by atoms with Gasteiger partial charge in [0, 0.05) is 17.3 Å². The second-order valence-corrected chi connectivity index (χ2v) is 6.89. The maximum absolute atomic E-state index is 12.3. The molecule has 0 saturated heterocycles. The highest BCUT2D eigenvalue weighted by Crippen LogP contribution is 2.19. The summed E-state index contributed by atoms with van der Waals surface area (Å²) in [6, 6.07) is 13.4. The zero-order chi connectivity index (χ0) is 15.7. The van der Waals surface area contributed by atoms with Crippen LogP contribution in [0.15, 0.2) is 53.4 Å². The predicted molar refractivity (Wildman–Crippen MR) is 83.6 cm³/mol. The van der Waals surface area contributed by atoms with Crippen molar-refractivity contribution in [2.24, 2.45) is 0 Å². The molecule has 7 heteroatoms. The van der Waals surface area contributed by atoms with Gasteiger partial charge in [0.15, 0.2) is 15.5 Å². The number of hydrogen-bond acceptors (Lipinski definition) is 4. The van der Waals surface area contributed by atoms with E-state index in [1.807, 2.05) is 18.2 Å². The van der Waals surface area contributed by atoms with Gasteiger partial charge in [0.2, 0.25) is 0 Å². The molecule has 1 heterocycles. The van der Waals surface area contributed by atoms with E-state index in [0.29, 0.717) is 11.1 Å². The number of fused-ring (bicyclic) bond motifs is 1. The van der Waals surface area contributed by atoms with Crippen LogP contribution in [0.25, 0.3) is 10.9 Å². The third kappa shape index (κ3) is 2.71. The number of H-pyrrole nitrogens is 1. The normalized spacial score (nSPS) is 11.5. The van der Waals surface area contributed by atoms with Gasteiger partial charge in [0.05, 0.1) is 10.4 Å². The number of hydrogen-bond donors (Lipinski definition) is 2. The Labute approximate surface area is 127 Å². The van der Waals surface area contributed by atoms with E-state index in [1.54, 1.807) is 18.2 Å². The maximum atomic E-state index is 12.3. The largest absolute Gasteiger partial charge is 0.321 e. The molecule has 1 amide bonds. The summed E-state index contributed by atoms with van der Waals surface area (Å²) >= 11 is 0. The van der Waals surface area contributed by atoms with Crippen molar-refractivity contribution < 1.29 is 13.2 Å². The number of aromatic amines is 1. The van der Waals surface area contributed by atoms with Crippen LogP contribution in [-0.2, 0) is 9.84 Å². The molecule has 0 atom stereocenters. The highest BCUT2D eigenvalue weighted by molar-refractivity contribution is 7.90. The summed E-state index contributed by atoms with van der Waals surface area (Å²) in [6.07, 6.45) is 1.12. The number of aromatic nitrogens is 2. The van der Waals surface area contributed by atoms with E-state index in [2.05, 4.69) is 15.5 Å². The number of nitrogens with zero attached hydrogens (tertiary/aromatic N) is 1.